The van der Waals surface area contributed by atoms with Crippen LogP contribution in [-0.2, 0) is 20.7 Å². The number of aromatic hydroxyl groups is 1. The van der Waals surface area contributed by atoms with Gasteiger partial charge in [-0.1, -0.05) is 42.5 Å². The Kier molecular flexibility index (Phi) is 12.0. The molecule has 10 nitrogen and oxygen atoms in total. The molecule has 224 valence electrons. The molecule has 0 saturated carbocycles. The Morgan fingerprint density at radius 2 is 1.63 bits per heavy atom. The van der Waals surface area contributed by atoms with Gasteiger partial charge in [-0.3, -0.25) is 14.4 Å². The quantitative estimate of drug-likeness (QED) is 0.238. The van der Waals surface area contributed by atoms with E-state index in [0.29, 0.717) is 22.8 Å². The van der Waals surface area contributed by atoms with Gasteiger partial charge in [0.05, 0.1) is 7.11 Å². The van der Waals surface area contributed by atoms with E-state index in [-0.39, 0.29) is 23.6 Å². The lowest BCUT2D eigenvalue weighted by atomic mass is 10.1. The molecule has 0 aliphatic heterocycles. The lowest BCUT2D eigenvalue weighted by molar-refractivity contribution is -0.146. The summed E-state index contributed by atoms with van der Waals surface area (Å²) in [6.45, 7) is 2.38. The van der Waals surface area contributed by atoms with Crippen LogP contribution in [0, 0.1) is 5.82 Å². The number of methoxy groups -OCH3 is 1. The lowest BCUT2D eigenvalue weighted by Crippen LogP contribution is -2.33. The fourth-order valence-electron chi connectivity index (χ4n) is 3.68. The third-order valence-electron chi connectivity index (χ3n) is 5.54. The first-order chi connectivity index (χ1) is 20.7. The summed E-state index contributed by atoms with van der Waals surface area (Å²) in [7, 11) is 1.35. The highest BCUT2D eigenvalue weighted by atomic mass is 19.1. The molecule has 0 spiro atoms. The first kappa shape index (κ1) is 32.1. The molecule has 1 atom stereocenters. The molecule has 0 fully saturated rings. The molecule has 4 aromatic rings. The number of carbonyl (C=O) groups is 3. The van der Waals surface area contributed by atoms with Crippen LogP contribution >= 0.6 is 0 Å². The molecule has 0 aliphatic rings. The molecular formula is C32H31FN2O8. The van der Waals surface area contributed by atoms with Crippen molar-refractivity contribution in [1.82, 2.24) is 10.3 Å². The van der Waals surface area contributed by atoms with E-state index >= 15 is 0 Å². The molecule has 1 unspecified atom stereocenters. The van der Waals surface area contributed by atoms with E-state index in [9.17, 15) is 18.8 Å². The van der Waals surface area contributed by atoms with Gasteiger partial charge in [0.1, 0.15) is 35.7 Å². The summed E-state index contributed by atoms with van der Waals surface area (Å²) in [5, 5.41) is 11.0. The van der Waals surface area contributed by atoms with Crippen LogP contribution in [0.4, 0.5) is 4.39 Å². The molecular weight excluding hydrogens is 559 g/mol. The van der Waals surface area contributed by atoms with Gasteiger partial charge in [-0.25, -0.2) is 9.37 Å². The Hall–Kier alpha value is -5.45. The van der Waals surface area contributed by atoms with Crippen molar-refractivity contribution in [3.05, 3.63) is 108 Å². The Balaban J connectivity index is 0.000000633. The summed E-state index contributed by atoms with van der Waals surface area (Å²) >= 11 is 0. The van der Waals surface area contributed by atoms with E-state index in [4.69, 9.17) is 24.1 Å². The van der Waals surface area contributed by atoms with Crippen molar-refractivity contribution >= 4 is 17.8 Å². The summed E-state index contributed by atoms with van der Waals surface area (Å²) in [6, 6.07) is 23.2. The minimum absolute atomic E-state index is 0.134. The SMILES string of the molecule is COc1ccnc(C(=O)NCC(=O)OC(C)Cc2ccc(F)cc2Oc2ccccc2)c1OC(C)=O.Oc1ccccc1. The summed E-state index contributed by atoms with van der Waals surface area (Å²) < 4.78 is 35.1. The minimum Gasteiger partial charge on any atom is -0.508 e. The zero-order valence-electron chi connectivity index (χ0n) is 23.8. The molecule has 0 radical (unpaired) electrons. The summed E-state index contributed by atoms with van der Waals surface area (Å²) in [6.07, 6.45) is 0.944. The lowest BCUT2D eigenvalue weighted by Gasteiger charge is -2.17. The summed E-state index contributed by atoms with van der Waals surface area (Å²) in [5.74, 6) is -1.45. The van der Waals surface area contributed by atoms with Gasteiger partial charge in [0.15, 0.2) is 11.4 Å². The van der Waals surface area contributed by atoms with Gasteiger partial charge in [0.2, 0.25) is 5.75 Å². The van der Waals surface area contributed by atoms with Gasteiger partial charge in [0, 0.05) is 31.7 Å². The Morgan fingerprint density at radius 1 is 0.953 bits per heavy atom. The molecule has 43 heavy (non-hydrogen) atoms. The minimum atomic E-state index is -0.758. The molecule has 2 N–H and O–H groups in total. The van der Waals surface area contributed by atoms with E-state index in [1.165, 1.54) is 38.4 Å². The number of benzene rings is 3. The van der Waals surface area contributed by atoms with Crippen LogP contribution in [0.2, 0.25) is 0 Å². The maximum absolute atomic E-state index is 13.8. The van der Waals surface area contributed by atoms with Crippen LogP contribution in [-0.4, -0.2) is 47.7 Å². The zero-order chi connectivity index (χ0) is 31.2. The number of carbonyl (C=O) groups excluding carboxylic acids is 3. The topological polar surface area (TPSA) is 133 Å². The Morgan fingerprint density at radius 3 is 2.23 bits per heavy atom. The number of esters is 2. The molecule has 11 heteroatoms. The van der Waals surface area contributed by atoms with Crippen LogP contribution in [0.3, 0.4) is 0 Å². The molecule has 1 heterocycles. The largest absolute Gasteiger partial charge is 0.508 e. The first-order valence-electron chi connectivity index (χ1n) is 13.1. The van der Waals surface area contributed by atoms with Crippen LogP contribution in [0.1, 0.15) is 29.9 Å². The molecule has 0 saturated heterocycles. The molecule has 3 aromatic carbocycles. The number of halogens is 1. The van der Waals surface area contributed by atoms with E-state index in [0.717, 1.165) is 0 Å². The monoisotopic (exact) mass is 590 g/mol. The number of hydrogen-bond donors (Lipinski definition) is 2. The third kappa shape index (κ3) is 10.5. The number of pyridine rings is 1. The number of nitrogens with zero attached hydrogens (tertiary/aromatic N) is 1. The van der Waals surface area contributed by atoms with Crippen molar-refractivity contribution in [3.8, 4) is 28.7 Å². The number of hydrogen-bond acceptors (Lipinski definition) is 9. The zero-order valence-corrected chi connectivity index (χ0v) is 23.8. The predicted octanol–water partition coefficient (Wildman–Crippen LogP) is 5.24. The third-order valence-corrected chi connectivity index (χ3v) is 5.54. The second-order valence-corrected chi connectivity index (χ2v) is 8.97. The number of aromatic nitrogens is 1. The average molecular weight is 591 g/mol. The van der Waals surface area contributed by atoms with Crippen LogP contribution < -0.4 is 19.5 Å². The smallest absolute Gasteiger partial charge is 0.325 e. The van der Waals surface area contributed by atoms with Gasteiger partial charge in [-0.05, 0) is 42.8 Å². The van der Waals surface area contributed by atoms with Crippen LogP contribution in [0.5, 0.6) is 28.7 Å². The molecule has 1 aromatic heterocycles. The molecule has 0 aliphatic carbocycles. The molecule has 1 amide bonds. The highest BCUT2D eigenvalue weighted by Crippen LogP contribution is 2.30. The number of nitrogens with one attached hydrogen (secondary N) is 1. The second-order valence-electron chi connectivity index (χ2n) is 8.97. The number of rotatable bonds is 10. The summed E-state index contributed by atoms with van der Waals surface area (Å²) in [5.41, 5.74) is 0.413. The van der Waals surface area contributed by atoms with Gasteiger partial charge in [-0.15, -0.1) is 0 Å². The number of phenols is 1. The van der Waals surface area contributed by atoms with Gasteiger partial charge in [-0.2, -0.15) is 0 Å². The Bertz CT molecular complexity index is 1520. The predicted molar refractivity (Wildman–Crippen MR) is 155 cm³/mol. The van der Waals surface area contributed by atoms with Crippen LogP contribution in [0.25, 0.3) is 0 Å². The molecule has 4 rings (SSSR count). The normalized spacial score (nSPS) is 10.8. The van der Waals surface area contributed by atoms with Crippen LogP contribution in [0.15, 0.2) is 91.1 Å². The van der Waals surface area contributed by atoms with Crippen molar-refractivity contribution in [2.24, 2.45) is 0 Å². The maximum atomic E-state index is 13.8. The van der Waals surface area contributed by atoms with Crippen molar-refractivity contribution in [2.75, 3.05) is 13.7 Å². The highest BCUT2D eigenvalue weighted by molar-refractivity contribution is 5.98. The van der Waals surface area contributed by atoms with Gasteiger partial charge < -0.3 is 29.4 Å². The van der Waals surface area contributed by atoms with E-state index < -0.39 is 36.3 Å². The van der Waals surface area contributed by atoms with Gasteiger partial charge in [0.25, 0.3) is 5.91 Å². The first-order valence-corrected chi connectivity index (χ1v) is 13.1. The van der Waals surface area contributed by atoms with Crippen molar-refractivity contribution in [1.29, 1.82) is 0 Å². The van der Waals surface area contributed by atoms with E-state index in [1.54, 1.807) is 61.5 Å². The number of amides is 1. The number of ether oxygens (including phenoxy) is 4. The molecule has 0 bridgehead atoms. The van der Waals surface area contributed by atoms with Crippen molar-refractivity contribution in [3.63, 3.8) is 0 Å². The Labute approximate surface area is 248 Å². The number of phenolic OH excluding ortho intramolecular Hbond substituents is 1. The average Bonchev–Trinajstić information content (AvgIpc) is 2.98. The van der Waals surface area contributed by atoms with Gasteiger partial charge >= 0.3 is 11.9 Å². The fraction of sp³-hybridized carbons (Fsp3) is 0.188. The second kappa shape index (κ2) is 16.1. The van der Waals surface area contributed by atoms with Crippen molar-refractivity contribution < 1.29 is 42.8 Å². The highest BCUT2D eigenvalue weighted by Gasteiger charge is 2.22. The van der Waals surface area contributed by atoms with E-state index in [2.05, 4.69) is 10.3 Å². The number of para-hydroxylation sites is 2. The maximum Gasteiger partial charge on any atom is 0.325 e. The standard InChI is InChI=1S/C26H25FN2O7.C6H6O/c1-16(13-18-9-10-19(27)14-22(18)36-20-7-5-4-6-8-20)34-23(31)15-29-26(32)24-25(35-17(2)30)21(33-3)11-12-28-24;7-6-4-2-1-3-5-6/h4-12,14,16H,13,15H2,1-3H3,(H,29,32);1-5,7H. The van der Waals surface area contributed by atoms with E-state index in [1.807, 2.05) is 12.1 Å². The summed E-state index contributed by atoms with van der Waals surface area (Å²) in [4.78, 5) is 40.2. The fourth-order valence-corrected chi connectivity index (χ4v) is 3.68. The van der Waals surface area contributed by atoms with Crippen molar-refractivity contribution in [2.45, 2.75) is 26.4 Å².